The number of piperidine rings is 1. The lowest BCUT2D eigenvalue weighted by molar-refractivity contribution is 0.0923. The van der Waals surface area contributed by atoms with Crippen LogP contribution in [0.3, 0.4) is 0 Å². The summed E-state index contributed by atoms with van der Waals surface area (Å²) in [6, 6.07) is 15.1. The molecule has 40 heavy (non-hydrogen) atoms. The van der Waals surface area contributed by atoms with Gasteiger partial charge in [0.1, 0.15) is 11.5 Å². The molecule has 1 aliphatic heterocycles. The van der Waals surface area contributed by atoms with Crippen molar-refractivity contribution in [3.05, 3.63) is 54.1 Å². The van der Waals surface area contributed by atoms with E-state index in [9.17, 15) is 13.2 Å². The summed E-state index contributed by atoms with van der Waals surface area (Å²) in [4.78, 5) is 17.5. The highest BCUT2D eigenvalue weighted by atomic mass is 32.2. The molecule has 0 bridgehead atoms. The summed E-state index contributed by atoms with van der Waals surface area (Å²) >= 11 is 0. The maximum absolute atomic E-state index is 13.1. The van der Waals surface area contributed by atoms with Crippen LogP contribution in [-0.2, 0) is 21.3 Å². The molecule has 2 fully saturated rings. The number of carbonyl (C=O) groups excluding carboxylic acids is 1. The monoisotopic (exact) mass is 572 g/mol. The highest BCUT2D eigenvalue weighted by Crippen LogP contribution is 2.26. The first kappa shape index (κ1) is 30.1. The van der Waals surface area contributed by atoms with Crippen LogP contribution in [0.25, 0.3) is 0 Å². The van der Waals surface area contributed by atoms with E-state index in [1.807, 2.05) is 17.0 Å². The summed E-state index contributed by atoms with van der Waals surface area (Å²) < 4.78 is 36.4. The van der Waals surface area contributed by atoms with Crippen molar-refractivity contribution in [2.75, 3.05) is 50.9 Å². The van der Waals surface area contributed by atoms with E-state index in [-0.39, 0.29) is 12.1 Å². The maximum atomic E-state index is 13.1. The van der Waals surface area contributed by atoms with Gasteiger partial charge in [-0.1, -0.05) is 31.4 Å². The fourth-order valence-electron chi connectivity index (χ4n) is 5.62. The molecule has 1 saturated carbocycles. The lowest BCUT2D eigenvalue weighted by atomic mass is 9.89. The molecule has 2 N–H and O–H groups in total. The van der Waals surface area contributed by atoms with Crippen molar-refractivity contribution in [2.45, 2.75) is 57.5 Å². The van der Waals surface area contributed by atoms with Crippen molar-refractivity contribution in [3.8, 4) is 11.5 Å². The van der Waals surface area contributed by atoms with Gasteiger partial charge in [-0.25, -0.2) is 13.2 Å². The van der Waals surface area contributed by atoms with Crippen LogP contribution in [0.2, 0.25) is 0 Å². The first-order valence-electron chi connectivity index (χ1n) is 14.4. The predicted octanol–water partition coefficient (Wildman–Crippen LogP) is 5.05. The molecule has 0 radical (unpaired) electrons. The second-order valence-electron chi connectivity index (χ2n) is 11.0. The third kappa shape index (κ3) is 9.67. The van der Waals surface area contributed by atoms with Gasteiger partial charge in [-0.15, -0.1) is 0 Å². The number of nitrogens with zero attached hydrogens (tertiary/aromatic N) is 2. The molecule has 0 atom stereocenters. The Balaban J connectivity index is 1.23. The van der Waals surface area contributed by atoms with Crippen LogP contribution in [0.4, 0.5) is 10.5 Å². The van der Waals surface area contributed by atoms with Crippen LogP contribution in [0.1, 0.15) is 50.5 Å². The number of benzene rings is 2. The largest absolute Gasteiger partial charge is 0.457 e. The smallest absolute Gasteiger partial charge is 0.317 e. The fraction of sp³-hybridized carbons (Fsp3) is 0.567. The summed E-state index contributed by atoms with van der Waals surface area (Å²) in [7, 11) is -1.62. The molecule has 0 spiro atoms. The summed E-state index contributed by atoms with van der Waals surface area (Å²) in [5.74, 6) is 1.97. The summed E-state index contributed by atoms with van der Waals surface area (Å²) in [5.41, 5.74) is 1.70. The molecule has 9 nitrogen and oxygen atoms in total. The third-order valence-corrected chi connectivity index (χ3v) is 8.39. The van der Waals surface area contributed by atoms with Crippen molar-refractivity contribution >= 4 is 21.7 Å². The van der Waals surface area contributed by atoms with Crippen molar-refractivity contribution in [3.63, 3.8) is 0 Å². The molecule has 2 aliphatic rings. The van der Waals surface area contributed by atoms with E-state index in [1.165, 1.54) is 37.7 Å². The van der Waals surface area contributed by atoms with E-state index in [0.717, 1.165) is 51.0 Å². The normalized spacial score (nSPS) is 17.4. The van der Waals surface area contributed by atoms with Crippen LogP contribution in [-0.4, -0.2) is 76.4 Å². The number of nitrogens with one attached hydrogen (secondary N) is 2. The summed E-state index contributed by atoms with van der Waals surface area (Å²) in [6.07, 6.45) is 9.36. The minimum absolute atomic E-state index is 0.0537. The van der Waals surface area contributed by atoms with Gasteiger partial charge in [0.2, 0.25) is 10.0 Å². The Kier molecular flexibility index (Phi) is 11.1. The zero-order valence-electron chi connectivity index (χ0n) is 23.8. The van der Waals surface area contributed by atoms with E-state index in [2.05, 4.69) is 27.1 Å². The Bertz CT molecular complexity index is 1160. The SMILES string of the molecule is COCCN(C(=O)NCC1CCCCC1)C1CCN(Cc2ccc(Oc3ccc(NS(C)(=O)=O)cc3)cc2)CC1. The second kappa shape index (κ2) is 14.7. The van der Waals surface area contributed by atoms with Gasteiger partial charge in [-0.05, 0) is 73.6 Å². The number of sulfonamides is 1. The molecule has 1 heterocycles. The molecule has 2 amide bonds. The first-order valence-corrected chi connectivity index (χ1v) is 16.3. The van der Waals surface area contributed by atoms with Crippen LogP contribution in [0.15, 0.2) is 48.5 Å². The van der Waals surface area contributed by atoms with Gasteiger partial charge in [-0.2, -0.15) is 0 Å². The number of rotatable bonds is 12. The molecule has 1 aliphatic carbocycles. The van der Waals surface area contributed by atoms with Gasteiger partial charge in [-0.3, -0.25) is 9.62 Å². The van der Waals surface area contributed by atoms with Gasteiger partial charge in [0.15, 0.2) is 0 Å². The molecule has 2 aromatic rings. The van der Waals surface area contributed by atoms with Gasteiger partial charge < -0.3 is 19.7 Å². The van der Waals surface area contributed by atoms with Crippen LogP contribution >= 0.6 is 0 Å². The van der Waals surface area contributed by atoms with Crippen LogP contribution in [0.5, 0.6) is 11.5 Å². The highest BCUT2D eigenvalue weighted by Gasteiger charge is 2.28. The van der Waals surface area contributed by atoms with E-state index >= 15 is 0 Å². The van der Waals surface area contributed by atoms with Crippen molar-refractivity contribution < 1.29 is 22.7 Å². The molecule has 0 aromatic heterocycles. The Hall–Kier alpha value is -2.82. The van der Waals surface area contributed by atoms with Crippen LogP contribution < -0.4 is 14.8 Å². The van der Waals surface area contributed by atoms with E-state index < -0.39 is 10.0 Å². The van der Waals surface area contributed by atoms with Crippen molar-refractivity contribution in [1.82, 2.24) is 15.1 Å². The Morgan fingerprint density at radius 2 is 1.57 bits per heavy atom. The Labute approximate surface area is 239 Å². The molecule has 0 unspecified atom stereocenters. The number of amides is 2. The average Bonchev–Trinajstić information content (AvgIpc) is 2.95. The zero-order valence-corrected chi connectivity index (χ0v) is 24.6. The van der Waals surface area contributed by atoms with Crippen LogP contribution in [0, 0.1) is 5.92 Å². The number of hydrogen-bond acceptors (Lipinski definition) is 6. The molecule has 1 saturated heterocycles. The number of hydrogen-bond donors (Lipinski definition) is 2. The fourth-order valence-corrected chi connectivity index (χ4v) is 6.18. The highest BCUT2D eigenvalue weighted by molar-refractivity contribution is 7.92. The molecule has 10 heteroatoms. The first-order chi connectivity index (χ1) is 19.3. The molecular formula is C30H44N4O5S. The minimum atomic E-state index is -3.31. The number of ether oxygens (including phenoxy) is 2. The molecule has 2 aromatic carbocycles. The molecular weight excluding hydrogens is 528 g/mol. The van der Waals surface area contributed by atoms with E-state index in [4.69, 9.17) is 9.47 Å². The van der Waals surface area contributed by atoms with Gasteiger partial charge in [0, 0.05) is 51.6 Å². The Morgan fingerprint density at radius 1 is 0.950 bits per heavy atom. The predicted molar refractivity (Wildman–Crippen MR) is 158 cm³/mol. The van der Waals surface area contributed by atoms with Crippen molar-refractivity contribution in [1.29, 1.82) is 0 Å². The summed E-state index contributed by atoms with van der Waals surface area (Å²) in [6.45, 7) is 4.69. The number of anilines is 1. The van der Waals surface area contributed by atoms with E-state index in [1.54, 1.807) is 31.4 Å². The zero-order chi connectivity index (χ0) is 28.4. The quantitative estimate of drug-likeness (QED) is 0.369. The number of likely N-dealkylation sites (tertiary alicyclic amines) is 1. The lowest BCUT2D eigenvalue weighted by Gasteiger charge is -2.38. The second-order valence-corrected chi connectivity index (χ2v) is 12.8. The standard InChI is InChI=1S/C30H44N4O5S/c1-38-21-20-34(30(35)31-22-24-6-4-3-5-7-24)27-16-18-33(19-17-27)23-25-8-12-28(13-9-25)39-29-14-10-26(11-15-29)32-40(2,36)37/h8-15,24,27,32H,3-7,16-23H2,1-2H3,(H,31,35). The number of urea groups is 1. The van der Waals surface area contributed by atoms with Gasteiger partial charge in [0.25, 0.3) is 0 Å². The van der Waals surface area contributed by atoms with Crippen molar-refractivity contribution in [2.24, 2.45) is 5.92 Å². The van der Waals surface area contributed by atoms with E-state index in [0.29, 0.717) is 30.5 Å². The van der Waals surface area contributed by atoms with Gasteiger partial charge in [0.05, 0.1) is 12.9 Å². The molecule has 220 valence electrons. The third-order valence-electron chi connectivity index (χ3n) is 7.78. The summed E-state index contributed by atoms with van der Waals surface area (Å²) in [5, 5.41) is 3.22. The Morgan fingerprint density at radius 3 is 2.17 bits per heavy atom. The van der Waals surface area contributed by atoms with Gasteiger partial charge >= 0.3 is 6.03 Å². The minimum Gasteiger partial charge on any atom is -0.457 e. The number of carbonyl (C=O) groups is 1. The average molecular weight is 573 g/mol. The number of methoxy groups -OCH3 is 1. The lowest BCUT2D eigenvalue weighted by Crippen LogP contribution is -2.52. The molecule has 4 rings (SSSR count). The topological polar surface area (TPSA) is 100 Å². The maximum Gasteiger partial charge on any atom is 0.317 e.